The maximum Gasteiger partial charge on any atom is 0.270 e. The van der Waals surface area contributed by atoms with E-state index in [-0.39, 0.29) is 22.4 Å². The third-order valence-corrected chi connectivity index (χ3v) is 5.34. The number of hydrogen-bond donors (Lipinski definition) is 2. The number of amides is 2. The van der Waals surface area contributed by atoms with E-state index in [1.54, 1.807) is 0 Å². The standard InChI is InChI=1S/C21H21N5O4/c1-24-8-10-25(11-9-24)15-4-2-14(3-5-15)22-13-19-18-12-16(26(29)30)6-7-17(18)20(27)23-21(19)28/h2-7,12-13,22H,8-11H2,1H3,(H,23,27,28). The lowest BCUT2D eigenvalue weighted by atomic mass is 9.95. The van der Waals surface area contributed by atoms with Gasteiger partial charge in [-0.3, -0.25) is 25.0 Å². The summed E-state index contributed by atoms with van der Waals surface area (Å²) in [6.07, 6.45) is 1.47. The normalized spacial score (nSPS) is 18.2. The Bertz CT molecular complexity index is 1040. The van der Waals surface area contributed by atoms with E-state index in [1.165, 1.54) is 24.4 Å². The van der Waals surface area contributed by atoms with Gasteiger partial charge in [0.2, 0.25) is 0 Å². The lowest BCUT2D eigenvalue weighted by molar-refractivity contribution is -0.384. The van der Waals surface area contributed by atoms with Crippen LogP contribution >= 0.6 is 0 Å². The minimum absolute atomic E-state index is 0.163. The second-order valence-electron chi connectivity index (χ2n) is 7.31. The molecule has 2 N–H and O–H groups in total. The van der Waals surface area contributed by atoms with E-state index >= 15 is 0 Å². The van der Waals surface area contributed by atoms with Crippen LogP contribution in [0.4, 0.5) is 17.1 Å². The van der Waals surface area contributed by atoms with Gasteiger partial charge in [-0.2, -0.15) is 0 Å². The van der Waals surface area contributed by atoms with Crippen LogP contribution in [-0.2, 0) is 4.79 Å². The van der Waals surface area contributed by atoms with Gasteiger partial charge in [0.05, 0.1) is 10.5 Å². The Labute approximate surface area is 173 Å². The first-order chi connectivity index (χ1) is 14.4. The van der Waals surface area contributed by atoms with Crippen molar-refractivity contribution in [2.45, 2.75) is 0 Å². The average molecular weight is 407 g/mol. The molecular weight excluding hydrogens is 386 g/mol. The molecule has 2 amide bonds. The van der Waals surface area contributed by atoms with Crippen molar-refractivity contribution in [2.75, 3.05) is 43.4 Å². The van der Waals surface area contributed by atoms with Crippen LogP contribution in [0.3, 0.4) is 0 Å². The topological polar surface area (TPSA) is 108 Å². The number of fused-ring (bicyclic) bond motifs is 1. The van der Waals surface area contributed by atoms with Crippen LogP contribution in [0, 0.1) is 10.1 Å². The number of piperazine rings is 1. The maximum absolute atomic E-state index is 12.3. The predicted octanol–water partition coefficient (Wildman–Crippen LogP) is 2.07. The number of anilines is 2. The van der Waals surface area contributed by atoms with Gasteiger partial charge in [0.15, 0.2) is 0 Å². The Morgan fingerprint density at radius 3 is 2.37 bits per heavy atom. The van der Waals surface area contributed by atoms with Crippen LogP contribution in [-0.4, -0.2) is 54.9 Å². The largest absolute Gasteiger partial charge is 0.369 e. The summed E-state index contributed by atoms with van der Waals surface area (Å²) in [7, 11) is 2.11. The zero-order valence-electron chi connectivity index (χ0n) is 16.4. The molecule has 9 heteroatoms. The highest BCUT2D eigenvalue weighted by molar-refractivity contribution is 6.31. The average Bonchev–Trinajstić information content (AvgIpc) is 2.74. The smallest absolute Gasteiger partial charge is 0.270 e. The monoisotopic (exact) mass is 407 g/mol. The number of nitrogens with zero attached hydrogens (tertiary/aromatic N) is 3. The molecule has 0 bridgehead atoms. The number of imide groups is 1. The van der Waals surface area contributed by atoms with Crippen molar-refractivity contribution >= 4 is 34.4 Å². The molecule has 2 aromatic rings. The van der Waals surface area contributed by atoms with Gasteiger partial charge in [-0.05, 0) is 37.4 Å². The summed E-state index contributed by atoms with van der Waals surface area (Å²) < 4.78 is 0. The number of non-ortho nitro benzene ring substituents is 1. The first-order valence-corrected chi connectivity index (χ1v) is 9.57. The summed E-state index contributed by atoms with van der Waals surface area (Å²) in [4.78, 5) is 39.5. The van der Waals surface area contributed by atoms with Gasteiger partial charge in [0.1, 0.15) is 0 Å². The molecule has 2 heterocycles. The molecule has 0 aliphatic carbocycles. The highest BCUT2D eigenvalue weighted by Gasteiger charge is 2.29. The molecule has 2 aliphatic heterocycles. The Kier molecular flexibility index (Phi) is 5.20. The number of carbonyl (C=O) groups is 2. The number of benzene rings is 2. The number of hydrogen-bond acceptors (Lipinski definition) is 7. The van der Waals surface area contributed by atoms with Crippen molar-refractivity contribution in [1.82, 2.24) is 10.2 Å². The minimum atomic E-state index is -0.602. The quantitative estimate of drug-likeness (QED) is 0.346. The van der Waals surface area contributed by atoms with Crippen LogP contribution in [0.2, 0.25) is 0 Å². The number of nitro benzene ring substituents is 1. The number of likely N-dealkylation sites (N-methyl/N-ethyl adjacent to an activating group) is 1. The molecule has 2 aliphatic rings. The maximum atomic E-state index is 12.3. The second-order valence-corrected chi connectivity index (χ2v) is 7.31. The Morgan fingerprint density at radius 2 is 1.70 bits per heavy atom. The SMILES string of the molecule is CN1CCN(c2ccc(NC=C3C(=O)NC(=O)c4ccc([N+](=O)[O-])cc43)cc2)CC1. The highest BCUT2D eigenvalue weighted by Crippen LogP contribution is 2.28. The van der Waals surface area contributed by atoms with Gasteiger partial charge < -0.3 is 15.1 Å². The molecule has 0 saturated carbocycles. The number of rotatable bonds is 4. The summed E-state index contributed by atoms with van der Waals surface area (Å²) in [5.74, 6) is -1.17. The Morgan fingerprint density at radius 1 is 1.00 bits per heavy atom. The molecule has 9 nitrogen and oxygen atoms in total. The minimum Gasteiger partial charge on any atom is -0.369 e. The van der Waals surface area contributed by atoms with Crippen LogP contribution < -0.4 is 15.5 Å². The lowest BCUT2D eigenvalue weighted by Crippen LogP contribution is -2.44. The first kappa shape index (κ1) is 19.6. The molecule has 1 fully saturated rings. The predicted molar refractivity (Wildman–Crippen MR) is 113 cm³/mol. The second kappa shape index (κ2) is 7.96. The summed E-state index contributed by atoms with van der Waals surface area (Å²) in [6.45, 7) is 3.98. The number of carbonyl (C=O) groups excluding carboxylic acids is 2. The summed E-state index contributed by atoms with van der Waals surface area (Å²) >= 11 is 0. The summed E-state index contributed by atoms with van der Waals surface area (Å²) in [5, 5.41) is 16.4. The van der Waals surface area contributed by atoms with Gasteiger partial charge in [-0.25, -0.2) is 0 Å². The molecule has 154 valence electrons. The fraction of sp³-hybridized carbons (Fsp3) is 0.238. The zero-order chi connectivity index (χ0) is 21.3. The van der Waals surface area contributed by atoms with E-state index in [9.17, 15) is 19.7 Å². The lowest BCUT2D eigenvalue weighted by Gasteiger charge is -2.34. The van der Waals surface area contributed by atoms with Crippen LogP contribution in [0.15, 0.2) is 48.7 Å². The molecule has 0 spiro atoms. The van der Waals surface area contributed by atoms with Gasteiger partial charge in [-0.1, -0.05) is 0 Å². The number of nitro groups is 1. The first-order valence-electron chi connectivity index (χ1n) is 9.57. The van der Waals surface area contributed by atoms with E-state index in [2.05, 4.69) is 27.5 Å². The van der Waals surface area contributed by atoms with Crippen molar-refractivity contribution in [2.24, 2.45) is 0 Å². The number of nitrogens with one attached hydrogen (secondary N) is 2. The Hall–Kier alpha value is -3.72. The fourth-order valence-electron chi connectivity index (χ4n) is 3.56. The van der Waals surface area contributed by atoms with Gasteiger partial charge in [0.25, 0.3) is 17.5 Å². The van der Waals surface area contributed by atoms with Crippen LogP contribution in [0.1, 0.15) is 15.9 Å². The summed E-state index contributed by atoms with van der Waals surface area (Å²) in [5.41, 5.74) is 2.33. The van der Waals surface area contributed by atoms with Gasteiger partial charge >= 0.3 is 0 Å². The molecule has 0 radical (unpaired) electrons. The van der Waals surface area contributed by atoms with Crippen LogP contribution in [0.5, 0.6) is 0 Å². The van der Waals surface area contributed by atoms with Crippen molar-refractivity contribution in [3.63, 3.8) is 0 Å². The molecule has 4 rings (SSSR count). The third-order valence-electron chi connectivity index (χ3n) is 5.34. The van der Waals surface area contributed by atoms with Crippen molar-refractivity contribution in [1.29, 1.82) is 0 Å². The van der Waals surface area contributed by atoms with E-state index in [0.717, 1.165) is 37.6 Å². The van der Waals surface area contributed by atoms with Crippen LogP contribution in [0.25, 0.3) is 5.57 Å². The zero-order valence-corrected chi connectivity index (χ0v) is 16.4. The molecular formula is C21H21N5O4. The third kappa shape index (κ3) is 3.87. The highest BCUT2D eigenvalue weighted by atomic mass is 16.6. The van der Waals surface area contributed by atoms with Gasteiger partial charge in [-0.15, -0.1) is 0 Å². The fourth-order valence-corrected chi connectivity index (χ4v) is 3.56. The molecule has 30 heavy (non-hydrogen) atoms. The Balaban J connectivity index is 1.56. The van der Waals surface area contributed by atoms with E-state index in [4.69, 9.17) is 0 Å². The van der Waals surface area contributed by atoms with E-state index < -0.39 is 16.7 Å². The van der Waals surface area contributed by atoms with E-state index in [1.807, 2.05) is 24.3 Å². The van der Waals surface area contributed by atoms with Crippen molar-refractivity contribution in [3.05, 3.63) is 69.9 Å². The van der Waals surface area contributed by atoms with Gasteiger partial charge in [0, 0.05) is 67.0 Å². The molecule has 0 unspecified atom stereocenters. The van der Waals surface area contributed by atoms with Crippen molar-refractivity contribution in [3.8, 4) is 0 Å². The van der Waals surface area contributed by atoms with E-state index in [0.29, 0.717) is 0 Å². The van der Waals surface area contributed by atoms with Crippen molar-refractivity contribution < 1.29 is 14.5 Å². The summed E-state index contributed by atoms with van der Waals surface area (Å²) in [6, 6.07) is 11.7. The molecule has 0 aromatic heterocycles. The molecule has 1 saturated heterocycles. The molecule has 0 atom stereocenters. The molecule has 2 aromatic carbocycles.